The Bertz CT molecular complexity index is 145. The van der Waals surface area contributed by atoms with Crippen LogP contribution in [-0.4, -0.2) is 11.3 Å². The predicted octanol–water partition coefficient (Wildman–Crippen LogP) is 2.30. The Morgan fingerprint density at radius 2 is 1.73 bits per heavy atom. The van der Waals surface area contributed by atoms with Crippen LogP contribution < -0.4 is 5.43 Å². The third-order valence-corrected chi connectivity index (χ3v) is 1.73. The average molecular weight is 154 g/mol. The van der Waals surface area contributed by atoms with E-state index in [2.05, 4.69) is 31.3 Å². The third kappa shape index (κ3) is 3.40. The van der Waals surface area contributed by atoms with Crippen LogP contribution in [0.4, 0.5) is 0 Å². The van der Waals surface area contributed by atoms with E-state index in [1.54, 1.807) is 0 Å². The van der Waals surface area contributed by atoms with Crippen LogP contribution in [-0.2, 0) is 0 Å². The number of rotatable bonds is 1. The Kier molecular flexibility index (Phi) is 2.53. The van der Waals surface area contributed by atoms with E-state index >= 15 is 0 Å². The molecule has 0 aromatic carbocycles. The van der Waals surface area contributed by atoms with Crippen LogP contribution in [0.5, 0.6) is 0 Å². The Morgan fingerprint density at radius 3 is 2.18 bits per heavy atom. The van der Waals surface area contributed by atoms with Crippen LogP contribution in [0, 0.1) is 0 Å². The molecule has 1 rings (SSSR count). The van der Waals surface area contributed by atoms with Crippen LogP contribution >= 0.6 is 0 Å². The minimum absolute atomic E-state index is 0.121. The van der Waals surface area contributed by atoms with Crippen LogP contribution in [0.25, 0.3) is 0 Å². The van der Waals surface area contributed by atoms with E-state index in [1.807, 2.05) is 0 Å². The highest BCUT2D eigenvalue weighted by atomic mass is 15.3. The van der Waals surface area contributed by atoms with Gasteiger partial charge < -0.3 is 5.43 Å². The van der Waals surface area contributed by atoms with Crippen LogP contribution in [0.1, 0.15) is 46.5 Å². The van der Waals surface area contributed by atoms with Crippen molar-refractivity contribution in [2.75, 3.05) is 0 Å². The highest BCUT2D eigenvalue weighted by Gasteiger charge is 2.11. The lowest BCUT2D eigenvalue weighted by Gasteiger charge is -2.17. The standard InChI is InChI=1S/C9H18N2/c1-9(2,3)11-10-8-6-4-5-7-8/h11H,4-7H2,1-3H3. The molecule has 0 bridgehead atoms. The molecular weight excluding hydrogens is 136 g/mol. The van der Waals surface area contributed by atoms with E-state index < -0.39 is 0 Å². The summed E-state index contributed by atoms with van der Waals surface area (Å²) >= 11 is 0. The number of nitrogens with zero attached hydrogens (tertiary/aromatic N) is 1. The fourth-order valence-corrected chi connectivity index (χ4v) is 1.14. The molecule has 1 N–H and O–H groups in total. The van der Waals surface area contributed by atoms with Crippen LogP contribution in [0.15, 0.2) is 5.10 Å². The monoisotopic (exact) mass is 154 g/mol. The van der Waals surface area contributed by atoms with Gasteiger partial charge in [0, 0.05) is 11.3 Å². The third-order valence-electron chi connectivity index (χ3n) is 1.73. The van der Waals surface area contributed by atoms with E-state index in [0.29, 0.717) is 0 Å². The van der Waals surface area contributed by atoms with Gasteiger partial charge in [0.1, 0.15) is 0 Å². The summed E-state index contributed by atoms with van der Waals surface area (Å²) in [6.07, 6.45) is 5.04. The van der Waals surface area contributed by atoms with Crippen molar-refractivity contribution in [2.24, 2.45) is 5.10 Å². The van der Waals surface area contributed by atoms with Crippen LogP contribution in [0.3, 0.4) is 0 Å². The molecule has 0 aromatic rings. The molecule has 64 valence electrons. The lowest BCUT2D eigenvalue weighted by molar-refractivity contribution is 0.440. The number of nitrogens with one attached hydrogen (secondary N) is 1. The van der Waals surface area contributed by atoms with E-state index in [9.17, 15) is 0 Å². The Hall–Kier alpha value is -0.530. The summed E-state index contributed by atoms with van der Waals surface area (Å²) in [5.41, 5.74) is 4.62. The first-order valence-electron chi connectivity index (χ1n) is 4.40. The zero-order valence-corrected chi connectivity index (χ0v) is 7.78. The number of hydrogen-bond acceptors (Lipinski definition) is 2. The van der Waals surface area contributed by atoms with Gasteiger partial charge in [-0.3, -0.25) is 0 Å². The Balaban J connectivity index is 2.34. The van der Waals surface area contributed by atoms with E-state index in [1.165, 1.54) is 31.4 Å². The summed E-state index contributed by atoms with van der Waals surface area (Å²) in [4.78, 5) is 0. The maximum Gasteiger partial charge on any atom is 0.0464 e. The van der Waals surface area contributed by atoms with Gasteiger partial charge in [-0.15, -0.1) is 0 Å². The zero-order chi connectivity index (χ0) is 8.32. The molecule has 11 heavy (non-hydrogen) atoms. The second-order valence-electron chi connectivity index (χ2n) is 4.25. The van der Waals surface area contributed by atoms with Crippen molar-refractivity contribution in [1.82, 2.24) is 5.43 Å². The zero-order valence-electron chi connectivity index (χ0n) is 7.78. The predicted molar refractivity (Wildman–Crippen MR) is 48.8 cm³/mol. The van der Waals surface area contributed by atoms with Crippen LogP contribution in [0.2, 0.25) is 0 Å². The summed E-state index contributed by atoms with van der Waals surface area (Å²) in [6, 6.07) is 0. The summed E-state index contributed by atoms with van der Waals surface area (Å²) in [6.45, 7) is 6.39. The molecule has 0 saturated heterocycles. The minimum Gasteiger partial charge on any atom is -0.305 e. The maximum atomic E-state index is 4.36. The highest BCUT2D eigenvalue weighted by Crippen LogP contribution is 2.14. The highest BCUT2D eigenvalue weighted by molar-refractivity contribution is 5.85. The quantitative estimate of drug-likeness (QED) is 0.576. The van der Waals surface area contributed by atoms with Gasteiger partial charge in [0.2, 0.25) is 0 Å². The summed E-state index contributed by atoms with van der Waals surface area (Å²) in [5.74, 6) is 0. The van der Waals surface area contributed by atoms with Gasteiger partial charge in [-0.25, -0.2) is 0 Å². The summed E-state index contributed by atoms with van der Waals surface area (Å²) in [5, 5.41) is 4.36. The van der Waals surface area contributed by atoms with Crippen molar-refractivity contribution in [3.05, 3.63) is 0 Å². The lowest BCUT2D eigenvalue weighted by atomic mass is 10.1. The molecule has 0 aliphatic heterocycles. The molecule has 0 heterocycles. The lowest BCUT2D eigenvalue weighted by Crippen LogP contribution is -2.32. The van der Waals surface area contributed by atoms with Gasteiger partial charge >= 0.3 is 0 Å². The Labute approximate surface area is 69.1 Å². The molecule has 1 aliphatic carbocycles. The average Bonchev–Trinajstić information content (AvgIpc) is 2.32. The van der Waals surface area contributed by atoms with Crippen molar-refractivity contribution in [3.63, 3.8) is 0 Å². The van der Waals surface area contributed by atoms with Gasteiger partial charge in [-0.1, -0.05) is 0 Å². The first-order chi connectivity index (χ1) is 5.08. The second kappa shape index (κ2) is 3.24. The fourth-order valence-electron chi connectivity index (χ4n) is 1.14. The topological polar surface area (TPSA) is 24.4 Å². The second-order valence-corrected chi connectivity index (χ2v) is 4.25. The normalized spacial score (nSPS) is 18.6. The SMILES string of the molecule is CC(C)(C)NN=C1CCCC1. The number of hydrogen-bond donors (Lipinski definition) is 1. The maximum absolute atomic E-state index is 4.36. The molecule has 0 aromatic heterocycles. The van der Waals surface area contributed by atoms with Gasteiger partial charge in [-0.2, -0.15) is 5.10 Å². The molecule has 2 nitrogen and oxygen atoms in total. The van der Waals surface area contributed by atoms with Gasteiger partial charge in [0.05, 0.1) is 0 Å². The molecule has 1 saturated carbocycles. The molecule has 1 aliphatic rings. The largest absolute Gasteiger partial charge is 0.305 e. The van der Waals surface area contributed by atoms with Crippen molar-refractivity contribution in [2.45, 2.75) is 52.0 Å². The van der Waals surface area contributed by atoms with Crippen molar-refractivity contribution in [3.8, 4) is 0 Å². The Morgan fingerprint density at radius 1 is 1.18 bits per heavy atom. The van der Waals surface area contributed by atoms with E-state index in [4.69, 9.17) is 0 Å². The molecule has 2 heteroatoms. The molecular formula is C9H18N2. The minimum atomic E-state index is 0.121. The molecule has 0 radical (unpaired) electrons. The van der Waals surface area contributed by atoms with E-state index in [-0.39, 0.29) is 5.54 Å². The van der Waals surface area contributed by atoms with Crippen molar-refractivity contribution >= 4 is 5.71 Å². The molecule has 0 atom stereocenters. The van der Waals surface area contributed by atoms with Gasteiger partial charge in [0.25, 0.3) is 0 Å². The number of hydrazone groups is 1. The molecule has 0 amide bonds. The summed E-state index contributed by atoms with van der Waals surface area (Å²) in [7, 11) is 0. The van der Waals surface area contributed by atoms with Gasteiger partial charge in [-0.05, 0) is 46.5 Å². The summed E-state index contributed by atoms with van der Waals surface area (Å²) < 4.78 is 0. The molecule has 0 spiro atoms. The van der Waals surface area contributed by atoms with E-state index in [0.717, 1.165) is 0 Å². The first kappa shape index (κ1) is 8.57. The first-order valence-corrected chi connectivity index (χ1v) is 4.40. The molecule has 1 fully saturated rings. The fraction of sp³-hybridized carbons (Fsp3) is 0.889. The van der Waals surface area contributed by atoms with Crippen molar-refractivity contribution in [1.29, 1.82) is 0 Å². The molecule has 0 unspecified atom stereocenters. The van der Waals surface area contributed by atoms with Gasteiger partial charge in [0.15, 0.2) is 0 Å². The van der Waals surface area contributed by atoms with Crippen molar-refractivity contribution < 1.29 is 0 Å². The smallest absolute Gasteiger partial charge is 0.0464 e.